The molecule has 0 bridgehead atoms. The molecule has 1 atom stereocenters. The van der Waals surface area contributed by atoms with Gasteiger partial charge in [0.15, 0.2) is 0 Å². The fraction of sp³-hybridized carbons (Fsp3) is 0.875. The molecule has 0 aromatic carbocycles. The molecule has 5 nitrogen and oxygen atoms in total. The predicted octanol–water partition coefficient (Wildman–Crippen LogP) is 3.49. The highest BCUT2D eigenvalue weighted by Crippen LogP contribution is 2.31. The van der Waals surface area contributed by atoms with Crippen molar-refractivity contribution in [1.82, 2.24) is 10.2 Å². The minimum absolute atomic E-state index is 0.139. The molecule has 0 aromatic rings. The van der Waals surface area contributed by atoms with Crippen molar-refractivity contribution >= 4 is 12.0 Å². The Labute approximate surface area is 129 Å². The summed E-state index contributed by atoms with van der Waals surface area (Å²) in [6.07, 6.45) is 2.84. The van der Waals surface area contributed by atoms with Crippen molar-refractivity contribution in [3.05, 3.63) is 0 Å². The summed E-state index contributed by atoms with van der Waals surface area (Å²) in [5, 5.41) is 12.3. The standard InChI is InChI=1S/C16H32N2O3/c1-8-10-11-18(12(3)9-2)14(21)17-16(6,7)15(4,5)13(19)20/h12H,8-11H2,1-7H3,(H,17,21)(H,19,20). The SMILES string of the molecule is CCCCN(C(=O)NC(C)(C)C(C)(C)C(=O)O)C(C)CC. The molecular weight excluding hydrogens is 268 g/mol. The van der Waals surface area contributed by atoms with Gasteiger partial charge in [0.1, 0.15) is 0 Å². The maximum absolute atomic E-state index is 12.6. The molecule has 21 heavy (non-hydrogen) atoms. The maximum atomic E-state index is 12.6. The van der Waals surface area contributed by atoms with E-state index < -0.39 is 16.9 Å². The number of hydrogen-bond donors (Lipinski definition) is 2. The highest BCUT2D eigenvalue weighted by Gasteiger charge is 2.45. The Bertz CT molecular complexity index is 365. The van der Waals surface area contributed by atoms with Crippen LogP contribution in [-0.2, 0) is 4.79 Å². The number of carbonyl (C=O) groups excluding carboxylic acids is 1. The molecule has 0 aliphatic rings. The van der Waals surface area contributed by atoms with Crippen molar-refractivity contribution in [3.8, 4) is 0 Å². The quantitative estimate of drug-likeness (QED) is 0.721. The van der Waals surface area contributed by atoms with Crippen molar-refractivity contribution in [2.24, 2.45) is 5.41 Å². The summed E-state index contributed by atoms with van der Waals surface area (Å²) >= 11 is 0. The van der Waals surface area contributed by atoms with Crippen molar-refractivity contribution in [1.29, 1.82) is 0 Å². The fourth-order valence-electron chi connectivity index (χ4n) is 1.83. The molecular formula is C16H32N2O3. The Balaban J connectivity index is 5.08. The van der Waals surface area contributed by atoms with Gasteiger partial charge in [-0.15, -0.1) is 0 Å². The van der Waals surface area contributed by atoms with E-state index in [9.17, 15) is 14.7 Å². The summed E-state index contributed by atoms with van der Waals surface area (Å²) in [5.41, 5.74) is -1.89. The van der Waals surface area contributed by atoms with Gasteiger partial charge in [0.25, 0.3) is 0 Å². The molecule has 0 radical (unpaired) electrons. The first-order valence-electron chi connectivity index (χ1n) is 7.83. The molecule has 0 rings (SSSR count). The Morgan fingerprint density at radius 2 is 1.71 bits per heavy atom. The number of urea groups is 1. The summed E-state index contributed by atoms with van der Waals surface area (Å²) in [6.45, 7) is 13.6. The van der Waals surface area contributed by atoms with Gasteiger partial charge >= 0.3 is 12.0 Å². The molecule has 0 saturated carbocycles. The zero-order valence-electron chi connectivity index (χ0n) is 14.6. The second-order valence-corrected chi connectivity index (χ2v) is 6.79. The number of nitrogens with zero attached hydrogens (tertiary/aromatic N) is 1. The van der Waals surface area contributed by atoms with E-state index >= 15 is 0 Å². The highest BCUT2D eigenvalue weighted by atomic mass is 16.4. The summed E-state index contributed by atoms with van der Waals surface area (Å²) < 4.78 is 0. The fourth-order valence-corrected chi connectivity index (χ4v) is 1.83. The third-order valence-electron chi connectivity index (χ3n) is 4.65. The van der Waals surface area contributed by atoms with E-state index in [0.29, 0.717) is 6.54 Å². The number of rotatable bonds is 8. The third-order valence-corrected chi connectivity index (χ3v) is 4.65. The van der Waals surface area contributed by atoms with Gasteiger partial charge in [0.05, 0.1) is 11.0 Å². The van der Waals surface area contributed by atoms with Crippen LogP contribution in [0.15, 0.2) is 0 Å². The van der Waals surface area contributed by atoms with Crippen LogP contribution in [-0.4, -0.2) is 40.1 Å². The second-order valence-electron chi connectivity index (χ2n) is 6.79. The average Bonchev–Trinajstić information content (AvgIpc) is 2.37. The van der Waals surface area contributed by atoms with Gasteiger partial charge in [-0.25, -0.2) is 4.79 Å². The molecule has 0 aromatic heterocycles. The number of carbonyl (C=O) groups is 2. The molecule has 0 heterocycles. The smallest absolute Gasteiger partial charge is 0.318 e. The van der Waals surface area contributed by atoms with Crippen molar-refractivity contribution in [2.45, 2.75) is 79.3 Å². The first-order valence-corrected chi connectivity index (χ1v) is 7.83. The van der Waals surface area contributed by atoms with Crippen LogP contribution in [0, 0.1) is 5.41 Å². The minimum Gasteiger partial charge on any atom is -0.481 e. The Morgan fingerprint density at radius 1 is 1.19 bits per heavy atom. The molecule has 124 valence electrons. The highest BCUT2D eigenvalue weighted by molar-refractivity contribution is 5.79. The van der Waals surface area contributed by atoms with Crippen LogP contribution in [0.3, 0.4) is 0 Å². The van der Waals surface area contributed by atoms with Gasteiger partial charge in [-0.1, -0.05) is 20.3 Å². The summed E-state index contributed by atoms with van der Waals surface area (Å²) in [7, 11) is 0. The number of unbranched alkanes of at least 4 members (excludes halogenated alkanes) is 1. The molecule has 5 heteroatoms. The van der Waals surface area contributed by atoms with E-state index in [1.165, 1.54) is 0 Å². The third kappa shape index (κ3) is 4.90. The van der Waals surface area contributed by atoms with Gasteiger partial charge in [-0.3, -0.25) is 4.79 Å². The predicted molar refractivity (Wildman–Crippen MR) is 85.4 cm³/mol. The first kappa shape index (κ1) is 19.7. The topological polar surface area (TPSA) is 69.6 Å². The largest absolute Gasteiger partial charge is 0.481 e. The number of carboxylic acid groups (broad SMARTS) is 1. The van der Waals surface area contributed by atoms with Crippen molar-refractivity contribution < 1.29 is 14.7 Å². The zero-order valence-corrected chi connectivity index (χ0v) is 14.6. The molecule has 0 saturated heterocycles. The van der Waals surface area contributed by atoms with Gasteiger partial charge < -0.3 is 15.3 Å². The summed E-state index contributed by atoms with van der Waals surface area (Å²) in [5.74, 6) is -0.920. The molecule has 0 aliphatic heterocycles. The molecule has 0 aliphatic carbocycles. The van der Waals surface area contributed by atoms with Crippen LogP contribution in [0.4, 0.5) is 4.79 Å². The minimum atomic E-state index is -1.05. The Morgan fingerprint density at radius 3 is 2.10 bits per heavy atom. The van der Waals surface area contributed by atoms with Crippen LogP contribution in [0.25, 0.3) is 0 Å². The van der Waals surface area contributed by atoms with Gasteiger partial charge in [-0.05, 0) is 47.5 Å². The molecule has 0 spiro atoms. The molecule has 2 N–H and O–H groups in total. The monoisotopic (exact) mass is 300 g/mol. The summed E-state index contributed by atoms with van der Waals surface area (Å²) in [4.78, 5) is 25.8. The lowest BCUT2D eigenvalue weighted by Gasteiger charge is -2.41. The Hall–Kier alpha value is -1.26. The van der Waals surface area contributed by atoms with E-state index in [2.05, 4.69) is 12.2 Å². The van der Waals surface area contributed by atoms with Crippen LogP contribution >= 0.6 is 0 Å². The van der Waals surface area contributed by atoms with Crippen LogP contribution in [0.5, 0.6) is 0 Å². The van der Waals surface area contributed by atoms with Crippen LogP contribution in [0.2, 0.25) is 0 Å². The van der Waals surface area contributed by atoms with Gasteiger partial charge in [0, 0.05) is 12.6 Å². The van der Waals surface area contributed by atoms with E-state index in [0.717, 1.165) is 19.3 Å². The van der Waals surface area contributed by atoms with Crippen molar-refractivity contribution in [2.75, 3.05) is 6.54 Å². The molecule has 0 fully saturated rings. The van der Waals surface area contributed by atoms with Gasteiger partial charge in [-0.2, -0.15) is 0 Å². The molecule has 1 unspecified atom stereocenters. The lowest BCUT2D eigenvalue weighted by atomic mass is 9.74. The van der Waals surface area contributed by atoms with E-state index in [4.69, 9.17) is 0 Å². The number of hydrogen-bond acceptors (Lipinski definition) is 2. The normalized spacial score (nSPS) is 13.7. The lowest BCUT2D eigenvalue weighted by molar-refractivity contribution is -0.150. The Kier molecular flexibility index (Phi) is 7.20. The number of aliphatic carboxylic acids is 1. The first-order chi connectivity index (χ1) is 9.51. The van der Waals surface area contributed by atoms with Crippen LogP contribution in [0.1, 0.15) is 67.7 Å². The van der Waals surface area contributed by atoms with Gasteiger partial charge in [0.2, 0.25) is 0 Å². The van der Waals surface area contributed by atoms with Crippen LogP contribution < -0.4 is 5.32 Å². The van der Waals surface area contributed by atoms with E-state index in [-0.39, 0.29) is 12.1 Å². The number of carboxylic acids is 1. The average molecular weight is 300 g/mol. The summed E-state index contributed by atoms with van der Waals surface area (Å²) in [6, 6.07) is -0.0441. The zero-order chi connectivity index (χ0) is 16.8. The number of amides is 2. The second kappa shape index (κ2) is 7.66. The van der Waals surface area contributed by atoms with E-state index in [1.807, 2.05) is 18.7 Å². The molecule has 2 amide bonds. The van der Waals surface area contributed by atoms with E-state index in [1.54, 1.807) is 27.7 Å². The van der Waals surface area contributed by atoms with Crippen molar-refractivity contribution in [3.63, 3.8) is 0 Å². The lowest BCUT2D eigenvalue weighted by Crippen LogP contribution is -2.60. The maximum Gasteiger partial charge on any atom is 0.318 e. The number of nitrogens with one attached hydrogen (secondary N) is 1.